The molecule has 1 atom stereocenters. The lowest BCUT2D eigenvalue weighted by atomic mass is 9.95. The van der Waals surface area contributed by atoms with Crippen LogP contribution in [0.15, 0.2) is 0 Å². The van der Waals surface area contributed by atoms with E-state index in [1.54, 1.807) is 11.3 Å². The largest absolute Gasteiger partial charge is 0.462 e. The van der Waals surface area contributed by atoms with Crippen LogP contribution in [0.3, 0.4) is 0 Å². The van der Waals surface area contributed by atoms with E-state index in [1.165, 1.54) is 35.5 Å². The third-order valence-corrected chi connectivity index (χ3v) is 6.85. The van der Waals surface area contributed by atoms with Gasteiger partial charge in [0.2, 0.25) is 0 Å². The quantitative estimate of drug-likeness (QED) is 0.773. The van der Waals surface area contributed by atoms with Crippen molar-refractivity contribution in [1.82, 2.24) is 0 Å². The number of thiophene rings is 1. The summed E-state index contributed by atoms with van der Waals surface area (Å²) in [6, 6.07) is -0.0951. The summed E-state index contributed by atoms with van der Waals surface area (Å²) in [6.45, 7) is 6.29. The van der Waals surface area contributed by atoms with E-state index in [0.717, 1.165) is 44.3 Å². The number of carbonyl (C=O) groups excluding carboxylic acids is 2. The van der Waals surface area contributed by atoms with Crippen molar-refractivity contribution in [3.05, 3.63) is 16.0 Å². The van der Waals surface area contributed by atoms with E-state index in [1.807, 2.05) is 13.8 Å². The Hall–Kier alpha value is -1.40. The van der Waals surface area contributed by atoms with Crippen LogP contribution in [0, 0.1) is 0 Å². The third-order valence-electron chi connectivity index (χ3n) is 5.64. The van der Waals surface area contributed by atoms with Crippen molar-refractivity contribution in [2.24, 2.45) is 0 Å². The third kappa shape index (κ3) is 4.29. The molecule has 1 fully saturated rings. The van der Waals surface area contributed by atoms with Gasteiger partial charge in [-0.25, -0.2) is 4.79 Å². The molecule has 5 nitrogen and oxygen atoms in total. The number of carbonyl (C=O) groups is 2. The number of rotatable bonds is 5. The van der Waals surface area contributed by atoms with Gasteiger partial charge in [-0.1, -0.05) is 0 Å². The summed E-state index contributed by atoms with van der Waals surface area (Å²) in [5.74, 6) is -0.275. The SMILES string of the molecule is CCOC(=O)c1c(NC(=O)[C@@H](C)[NH+]2CCCCCC2)sc2c1CCCC2. The molecular formula is C20H31N2O3S+. The smallest absolute Gasteiger partial charge is 0.341 e. The summed E-state index contributed by atoms with van der Waals surface area (Å²) in [5.41, 5.74) is 1.71. The number of quaternary nitrogens is 1. The van der Waals surface area contributed by atoms with Crippen molar-refractivity contribution in [3.63, 3.8) is 0 Å². The number of anilines is 1. The maximum Gasteiger partial charge on any atom is 0.341 e. The first-order valence-electron chi connectivity index (χ1n) is 10.1. The molecule has 6 heteroatoms. The van der Waals surface area contributed by atoms with Gasteiger partial charge in [-0.05, 0) is 70.8 Å². The van der Waals surface area contributed by atoms with E-state index >= 15 is 0 Å². The fourth-order valence-electron chi connectivity index (χ4n) is 4.09. The number of hydrogen-bond donors (Lipinski definition) is 2. The van der Waals surface area contributed by atoms with Gasteiger partial charge in [0.15, 0.2) is 6.04 Å². The summed E-state index contributed by atoms with van der Waals surface area (Å²) in [4.78, 5) is 28.0. The summed E-state index contributed by atoms with van der Waals surface area (Å²) in [5, 5.41) is 3.78. The van der Waals surface area contributed by atoms with E-state index in [-0.39, 0.29) is 17.9 Å². The minimum absolute atomic E-state index is 0.0195. The molecule has 0 radical (unpaired) electrons. The molecule has 0 unspecified atom stereocenters. The Morgan fingerprint density at radius 2 is 1.81 bits per heavy atom. The second kappa shape index (κ2) is 9.00. The molecule has 1 aliphatic carbocycles. The fourth-order valence-corrected chi connectivity index (χ4v) is 5.37. The molecule has 144 valence electrons. The monoisotopic (exact) mass is 379 g/mol. The van der Waals surface area contributed by atoms with Crippen LogP contribution in [0.5, 0.6) is 0 Å². The van der Waals surface area contributed by atoms with Crippen molar-refractivity contribution in [2.45, 2.75) is 71.3 Å². The molecule has 1 aromatic heterocycles. The fraction of sp³-hybridized carbons (Fsp3) is 0.700. The van der Waals surface area contributed by atoms with E-state index < -0.39 is 0 Å². The predicted octanol–water partition coefficient (Wildman–Crippen LogP) is 2.59. The second-order valence-electron chi connectivity index (χ2n) is 7.42. The molecule has 0 aromatic carbocycles. The van der Waals surface area contributed by atoms with Crippen LogP contribution in [0.4, 0.5) is 5.00 Å². The van der Waals surface area contributed by atoms with Gasteiger partial charge in [0, 0.05) is 4.88 Å². The molecule has 0 spiro atoms. The van der Waals surface area contributed by atoms with Crippen molar-refractivity contribution < 1.29 is 19.2 Å². The van der Waals surface area contributed by atoms with E-state index in [0.29, 0.717) is 17.2 Å². The highest BCUT2D eigenvalue weighted by molar-refractivity contribution is 7.17. The molecule has 2 heterocycles. The lowest BCUT2D eigenvalue weighted by Crippen LogP contribution is -3.16. The lowest BCUT2D eigenvalue weighted by molar-refractivity contribution is -0.913. The number of aryl methyl sites for hydroxylation is 1. The molecule has 2 N–H and O–H groups in total. The van der Waals surface area contributed by atoms with Gasteiger partial charge in [-0.2, -0.15) is 0 Å². The number of likely N-dealkylation sites (tertiary alicyclic amines) is 1. The molecule has 2 aliphatic rings. The zero-order chi connectivity index (χ0) is 18.5. The first kappa shape index (κ1) is 19.4. The Morgan fingerprint density at radius 3 is 2.50 bits per heavy atom. The van der Waals surface area contributed by atoms with Gasteiger partial charge in [-0.15, -0.1) is 11.3 Å². The van der Waals surface area contributed by atoms with Crippen LogP contribution in [0.25, 0.3) is 0 Å². The molecule has 1 aromatic rings. The van der Waals surface area contributed by atoms with Crippen LogP contribution in [0.1, 0.15) is 73.2 Å². The number of nitrogens with one attached hydrogen (secondary N) is 2. The van der Waals surface area contributed by atoms with Gasteiger partial charge >= 0.3 is 5.97 Å². The number of fused-ring (bicyclic) bond motifs is 1. The highest BCUT2D eigenvalue weighted by atomic mass is 32.1. The first-order valence-corrected chi connectivity index (χ1v) is 10.9. The number of hydrogen-bond acceptors (Lipinski definition) is 4. The predicted molar refractivity (Wildman–Crippen MR) is 104 cm³/mol. The van der Waals surface area contributed by atoms with E-state index in [9.17, 15) is 9.59 Å². The number of esters is 1. The Kier molecular flexibility index (Phi) is 6.70. The van der Waals surface area contributed by atoms with Crippen LogP contribution in [0.2, 0.25) is 0 Å². The van der Waals surface area contributed by atoms with Crippen LogP contribution < -0.4 is 10.2 Å². The summed E-state index contributed by atoms with van der Waals surface area (Å²) >= 11 is 1.57. The minimum atomic E-state index is -0.294. The Labute approximate surface area is 160 Å². The topological polar surface area (TPSA) is 59.8 Å². The molecule has 1 saturated heterocycles. The maximum absolute atomic E-state index is 12.9. The van der Waals surface area contributed by atoms with Crippen molar-refractivity contribution in [2.75, 3.05) is 25.0 Å². The van der Waals surface area contributed by atoms with Gasteiger partial charge in [0.05, 0.1) is 25.3 Å². The zero-order valence-electron chi connectivity index (χ0n) is 16.0. The summed E-state index contributed by atoms with van der Waals surface area (Å²) < 4.78 is 5.28. The maximum atomic E-state index is 12.9. The second-order valence-corrected chi connectivity index (χ2v) is 8.52. The summed E-state index contributed by atoms with van der Waals surface area (Å²) in [7, 11) is 0. The van der Waals surface area contributed by atoms with Gasteiger partial charge in [-0.3, -0.25) is 4.79 Å². The van der Waals surface area contributed by atoms with Crippen LogP contribution >= 0.6 is 11.3 Å². The van der Waals surface area contributed by atoms with Crippen LogP contribution in [-0.4, -0.2) is 37.6 Å². The lowest BCUT2D eigenvalue weighted by Gasteiger charge is -2.23. The molecule has 0 saturated carbocycles. The van der Waals surface area contributed by atoms with E-state index in [4.69, 9.17) is 4.74 Å². The Bertz CT molecular complexity index is 648. The van der Waals surface area contributed by atoms with Gasteiger partial charge in [0.1, 0.15) is 5.00 Å². The van der Waals surface area contributed by atoms with E-state index in [2.05, 4.69) is 5.32 Å². The average Bonchev–Trinajstić information content (AvgIpc) is 2.80. The van der Waals surface area contributed by atoms with Gasteiger partial charge < -0.3 is 15.0 Å². The van der Waals surface area contributed by atoms with Crippen molar-refractivity contribution >= 4 is 28.2 Å². The van der Waals surface area contributed by atoms with Crippen LogP contribution in [-0.2, 0) is 22.4 Å². The standard InChI is InChI=1S/C20H30N2O3S/c1-3-25-20(24)17-15-10-6-7-11-16(15)26-19(17)21-18(23)14(2)22-12-8-4-5-9-13-22/h14H,3-13H2,1-2H3,(H,21,23)/p+1/t14-/m1/s1. The molecule has 1 aliphatic heterocycles. The zero-order valence-corrected chi connectivity index (χ0v) is 16.8. The normalized spacial score (nSPS) is 19.3. The van der Waals surface area contributed by atoms with Crippen molar-refractivity contribution in [3.8, 4) is 0 Å². The first-order chi connectivity index (χ1) is 12.6. The molecule has 0 bridgehead atoms. The highest BCUT2D eigenvalue weighted by Gasteiger charge is 2.31. The highest BCUT2D eigenvalue weighted by Crippen LogP contribution is 2.38. The molecule has 26 heavy (non-hydrogen) atoms. The Morgan fingerprint density at radius 1 is 1.12 bits per heavy atom. The molecular weight excluding hydrogens is 348 g/mol. The van der Waals surface area contributed by atoms with Gasteiger partial charge in [0.25, 0.3) is 5.91 Å². The number of ether oxygens (including phenoxy) is 1. The minimum Gasteiger partial charge on any atom is -0.462 e. The molecule has 3 rings (SSSR count). The Balaban J connectivity index is 1.78. The average molecular weight is 380 g/mol. The number of amides is 1. The summed E-state index contributed by atoms with van der Waals surface area (Å²) in [6.07, 6.45) is 9.06. The van der Waals surface area contributed by atoms with Crippen molar-refractivity contribution in [1.29, 1.82) is 0 Å². The molecule has 1 amide bonds.